The van der Waals surface area contributed by atoms with Gasteiger partial charge >= 0.3 is 0 Å². The third-order valence-electron chi connectivity index (χ3n) is 4.68. The fraction of sp³-hybridized carbons (Fsp3) is 0.778. The highest BCUT2D eigenvalue weighted by Gasteiger charge is 2.42. The monoisotopic (exact) mass is 309 g/mol. The van der Waals surface area contributed by atoms with Gasteiger partial charge in [-0.3, -0.25) is 0 Å². The maximum Gasteiger partial charge on any atom is 0.0840 e. The quantitative estimate of drug-likeness (QED) is 0.755. The van der Waals surface area contributed by atoms with E-state index in [1.165, 1.54) is 37.0 Å². The van der Waals surface area contributed by atoms with E-state index in [1.54, 1.807) is 0 Å². The van der Waals surface area contributed by atoms with E-state index in [2.05, 4.69) is 43.6 Å². The van der Waals surface area contributed by atoms with Gasteiger partial charge in [0, 0.05) is 17.5 Å². The third kappa shape index (κ3) is 4.54. The van der Waals surface area contributed by atoms with Crippen LogP contribution in [0.25, 0.3) is 0 Å². The predicted molar refractivity (Wildman–Crippen MR) is 92.1 cm³/mol. The lowest BCUT2D eigenvalue weighted by molar-refractivity contribution is -0.0999. The van der Waals surface area contributed by atoms with Crippen LogP contribution < -0.4 is 5.32 Å². The molecule has 1 aliphatic rings. The van der Waals surface area contributed by atoms with Crippen molar-refractivity contribution >= 4 is 11.3 Å². The maximum absolute atomic E-state index is 6.39. The van der Waals surface area contributed by atoms with Crippen LogP contribution >= 0.6 is 11.3 Å². The molecule has 1 aromatic heterocycles. The molecule has 1 fully saturated rings. The fourth-order valence-corrected chi connectivity index (χ4v) is 4.52. The van der Waals surface area contributed by atoms with Crippen molar-refractivity contribution in [2.75, 3.05) is 13.2 Å². The molecule has 1 aromatic rings. The number of thiophene rings is 1. The topological polar surface area (TPSA) is 21.3 Å². The van der Waals surface area contributed by atoms with Crippen molar-refractivity contribution in [2.24, 2.45) is 5.92 Å². The van der Waals surface area contributed by atoms with Crippen molar-refractivity contribution in [3.8, 4) is 0 Å². The number of nitrogens with one attached hydrogen (secondary N) is 1. The van der Waals surface area contributed by atoms with Crippen LogP contribution in [0.5, 0.6) is 0 Å². The van der Waals surface area contributed by atoms with E-state index in [4.69, 9.17) is 4.74 Å². The van der Waals surface area contributed by atoms with Crippen molar-refractivity contribution in [2.45, 2.75) is 70.9 Å². The van der Waals surface area contributed by atoms with Gasteiger partial charge in [-0.25, -0.2) is 0 Å². The lowest BCUT2D eigenvalue weighted by atomic mass is 9.73. The zero-order valence-electron chi connectivity index (χ0n) is 13.9. The zero-order valence-corrected chi connectivity index (χ0v) is 14.7. The molecule has 1 saturated carbocycles. The summed E-state index contributed by atoms with van der Waals surface area (Å²) < 4.78 is 6.39. The second-order valence-electron chi connectivity index (χ2n) is 6.49. The normalized spacial score (nSPS) is 27.7. The summed E-state index contributed by atoms with van der Waals surface area (Å²) in [6.07, 6.45) is 7.35. The Balaban J connectivity index is 2.16. The SMILES string of the molecule is CCCNC(Cc1cccs1)C1(OCC)CCCC(C)C1. The molecular formula is C18H31NOS. The molecule has 3 heteroatoms. The number of hydrogen-bond donors (Lipinski definition) is 1. The van der Waals surface area contributed by atoms with Crippen LogP contribution in [0.4, 0.5) is 0 Å². The summed E-state index contributed by atoms with van der Waals surface area (Å²) in [6, 6.07) is 4.86. The zero-order chi connectivity index (χ0) is 15.1. The number of ether oxygens (including phenoxy) is 1. The molecule has 0 amide bonds. The lowest BCUT2D eigenvalue weighted by Crippen LogP contribution is -2.56. The average Bonchev–Trinajstić information content (AvgIpc) is 2.96. The standard InChI is InChI=1S/C18H31NOS/c1-4-11-19-17(13-16-9-7-12-21-16)18(20-5-2)10-6-8-15(3)14-18/h7,9,12,15,17,19H,4-6,8,10-11,13-14H2,1-3H3. The molecule has 0 spiro atoms. The molecule has 1 aliphatic carbocycles. The van der Waals surface area contributed by atoms with Crippen molar-refractivity contribution in [1.82, 2.24) is 5.32 Å². The molecule has 0 aliphatic heterocycles. The smallest absolute Gasteiger partial charge is 0.0840 e. The Hall–Kier alpha value is -0.380. The van der Waals surface area contributed by atoms with Crippen molar-refractivity contribution < 1.29 is 4.74 Å². The Morgan fingerprint density at radius 3 is 2.95 bits per heavy atom. The van der Waals surface area contributed by atoms with Gasteiger partial charge in [0.05, 0.1) is 5.60 Å². The van der Waals surface area contributed by atoms with E-state index in [9.17, 15) is 0 Å². The van der Waals surface area contributed by atoms with Crippen molar-refractivity contribution in [3.63, 3.8) is 0 Å². The Labute approximate surface area is 134 Å². The van der Waals surface area contributed by atoms with Gasteiger partial charge in [0.25, 0.3) is 0 Å². The summed E-state index contributed by atoms with van der Waals surface area (Å²) in [7, 11) is 0. The van der Waals surface area contributed by atoms with Gasteiger partial charge < -0.3 is 10.1 Å². The second-order valence-corrected chi connectivity index (χ2v) is 7.52. The van der Waals surface area contributed by atoms with Crippen LogP contribution in [0.2, 0.25) is 0 Å². The van der Waals surface area contributed by atoms with Crippen LogP contribution in [0, 0.1) is 5.92 Å². The van der Waals surface area contributed by atoms with E-state index in [0.29, 0.717) is 6.04 Å². The predicted octanol–water partition coefficient (Wildman–Crippen LogP) is 4.64. The molecule has 1 N–H and O–H groups in total. The Morgan fingerprint density at radius 2 is 2.33 bits per heavy atom. The van der Waals surface area contributed by atoms with Crippen molar-refractivity contribution in [3.05, 3.63) is 22.4 Å². The molecule has 0 saturated heterocycles. The summed E-state index contributed by atoms with van der Waals surface area (Å²) in [5, 5.41) is 5.99. The summed E-state index contributed by atoms with van der Waals surface area (Å²) in [5.41, 5.74) is 0.0333. The molecule has 2 nitrogen and oxygen atoms in total. The van der Waals surface area contributed by atoms with Gasteiger partial charge in [0.15, 0.2) is 0 Å². The minimum atomic E-state index is 0.0333. The van der Waals surface area contributed by atoms with Crippen molar-refractivity contribution in [1.29, 1.82) is 0 Å². The molecule has 0 aromatic carbocycles. The van der Waals surface area contributed by atoms with E-state index in [0.717, 1.165) is 25.5 Å². The minimum Gasteiger partial charge on any atom is -0.374 e. The Kier molecular flexibility index (Phi) is 6.72. The van der Waals surface area contributed by atoms with Crippen LogP contribution in [-0.4, -0.2) is 24.8 Å². The highest BCUT2D eigenvalue weighted by Crippen LogP contribution is 2.39. The number of rotatable bonds is 8. The van der Waals surface area contributed by atoms with Crippen LogP contribution in [0.1, 0.15) is 57.8 Å². The third-order valence-corrected chi connectivity index (χ3v) is 5.58. The Bertz CT molecular complexity index is 388. The van der Waals surface area contributed by atoms with Gasteiger partial charge in [-0.15, -0.1) is 11.3 Å². The molecule has 3 atom stereocenters. The number of hydrogen-bond acceptors (Lipinski definition) is 3. The molecule has 3 unspecified atom stereocenters. The van der Waals surface area contributed by atoms with E-state index >= 15 is 0 Å². The summed E-state index contributed by atoms with van der Waals surface area (Å²) in [4.78, 5) is 1.47. The summed E-state index contributed by atoms with van der Waals surface area (Å²) in [6.45, 7) is 8.67. The van der Waals surface area contributed by atoms with E-state index < -0.39 is 0 Å². The first-order valence-corrected chi connectivity index (χ1v) is 9.48. The first kappa shape index (κ1) is 17.0. The van der Waals surface area contributed by atoms with Gasteiger partial charge in [0.2, 0.25) is 0 Å². The van der Waals surface area contributed by atoms with Gasteiger partial charge in [-0.05, 0) is 56.5 Å². The first-order valence-electron chi connectivity index (χ1n) is 8.60. The first-order chi connectivity index (χ1) is 10.2. The molecule has 2 rings (SSSR count). The van der Waals surface area contributed by atoms with Crippen LogP contribution in [0.15, 0.2) is 17.5 Å². The van der Waals surface area contributed by atoms with E-state index in [-0.39, 0.29) is 5.60 Å². The van der Waals surface area contributed by atoms with Crippen LogP contribution in [-0.2, 0) is 11.2 Å². The van der Waals surface area contributed by atoms with Gasteiger partial charge in [-0.1, -0.05) is 32.8 Å². The van der Waals surface area contributed by atoms with Crippen LogP contribution in [0.3, 0.4) is 0 Å². The summed E-state index contributed by atoms with van der Waals surface area (Å²) in [5.74, 6) is 0.777. The highest BCUT2D eigenvalue weighted by atomic mass is 32.1. The molecule has 0 bridgehead atoms. The highest BCUT2D eigenvalue weighted by molar-refractivity contribution is 7.09. The maximum atomic E-state index is 6.39. The van der Waals surface area contributed by atoms with Gasteiger partial charge in [-0.2, -0.15) is 0 Å². The lowest BCUT2D eigenvalue weighted by Gasteiger charge is -2.45. The molecular weight excluding hydrogens is 278 g/mol. The summed E-state index contributed by atoms with van der Waals surface area (Å²) >= 11 is 1.87. The van der Waals surface area contributed by atoms with Gasteiger partial charge in [0.1, 0.15) is 0 Å². The Morgan fingerprint density at radius 1 is 1.48 bits per heavy atom. The molecule has 1 heterocycles. The molecule has 21 heavy (non-hydrogen) atoms. The minimum absolute atomic E-state index is 0.0333. The second kappa shape index (κ2) is 8.30. The largest absolute Gasteiger partial charge is 0.374 e. The average molecular weight is 310 g/mol. The molecule has 0 radical (unpaired) electrons. The fourth-order valence-electron chi connectivity index (χ4n) is 3.77. The molecule has 120 valence electrons. The van der Waals surface area contributed by atoms with E-state index in [1.807, 2.05) is 11.3 Å².